The van der Waals surface area contributed by atoms with Crippen LogP contribution in [0.1, 0.15) is 19.4 Å². The fraction of sp³-hybridized carbons (Fsp3) is 0.600. The molecule has 3 atom stereocenters. The normalized spacial score (nSPS) is 29.8. The van der Waals surface area contributed by atoms with Gasteiger partial charge in [0.1, 0.15) is 11.9 Å². The van der Waals surface area contributed by atoms with Crippen molar-refractivity contribution in [2.24, 2.45) is 17.3 Å². The first-order valence-electron chi connectivity index (χ1n) is 9.36. The van der Waals surface area contributed by atoms with Crippen molar-refractivity contribution in [3.05, 3.63) is 29.8 Å². The van der Waals surface area contributed by atoms with Crippen molar-refractivity contribution in [2.45, 2.75) is 26.4 Å². The van der Waals surface area contributed by atoms with Crippen molar-refractivity contribution in [1.82, 2.24) is 9.80 Å². The van der Waals surface area contributed by atoms with Crippen LogP contribution in [0, 0.1) is 17.3 Å². The molecule has 0 aromatic heterocycles. The minimum Gasteiger partial charge on any atom is -0.488 e. The Labute approximate surface area is 153 Å². The molecule has 2 aliphatic heterocycles. The van der Waals surface area contributed by atoms with E-state index in [0.717, 1.165) is 31.8 Å². The van der Waals surface area contributed by atoms with E-state index in [2.05, 4.69) is 11.0 Å². The van der Waals surface area contributed by atoms with Crippen LogP contribution in [0.5, 0.6) is 5.75 Å². The first-order valence-corrected chi connectivity index (χ1v) is 9.36. The summed E-state index contributed by atoms with van der Waals surface area (Å²) in [5.41, 5.74) is 0.839. The van der Waals surface area contributed by atoms with Crippen molar-refractivity contribution in [3.63, 3.8) is 0 Å². The maximum atomic E-state index is 12.7. The second-order valence-electron chi connectivity index (χ2n) is 8.29. The lowest BCUT2D eigenvalue weighted by molar-refractivity contribution is -0.142. The van der Waals surface area contributed by atoms with E-state index >= 15 is 0 Å². The van der Waals surface area contributed by atoms with Gasteiger partial charge in [-0.05, 0) is 17.0 Å². The Hall–Kier alpha value is -2.08. The Morgan fingerprint density at radius 2 is 1.85 bits per heavy atom. The van der Waals surface area contributed by atoms with Gasteiger partial charge in [0.15, 0.2) is 0 Å². The van der Waals surface area contributed by atoms with Crippen LogP contribution >= 0.6 is 0 Å². The molecule has 1 saturated heterocycles. The van der Waals surface area contributed by atoms with E-state index in [1.807, 2.05) is 36.9 Å². The molecule has 2 fully saturated rings. The van der Waals surface area contributed by atoms with Crippen LogP contribution in [0.4, 0.5) is 0 Å². The highest BCUT2D eigenvalue weighted by Crippen LogP contribution is 2.59. The first kappa shape index (κ1) is 17.3. The molecule has 6 heteroatoms. The number of carbonyl (C=O) groups is 2. The van der Waals surface area contributed by atoms with Gasteiger partial charge < -0.3 is 14.7 Å². The standard InChI is InChI=1S/C20H26N2O4/c1-20(2)16(17(20)19(24)25)18(23)22-9-7-21(8-10-22)12-14-11-13-5-3-4-6-15(13)26-14/h3-6,14,16-17H,7-12H2,1-2H3,(H,24,25)/t14-,16+,17+/m1/s1. The van der Waals surface area contributed by atoms with Gasteiger partial charge in [-0.15, -0.1) is 0 Å². The summed E-state index contributed by atoms with van der Waals surface area (Å²) in [6.45, 7) is 7.57. The molecule has 1 aliphatic carbocycles. The number of carboxylic acids is 1. The summed E-state index contributed by atoms with van der Waals surface area (Å²) in [7, 11) is 0. The second-order valence-corrected chi connectivity index (χ2v) is 8.29. The molecule has 4 rings (SSSR count). The predicted molar refractivity (Wildman–Crippen MR) is 96.0 cm³/mol. The number of ether oxygens (including phenoxy) is 1. The smallest absolute Gasteiger partial charge is 0.307 e. The number of nitrogens with zero attached hydrogens (tertiary/aromatic N) is 2. The van der Waals surface area contributed by atoms with Crippen molar-refractivity contribution >= 4 is 11.9 Å². The lowest BCUT2D eigenvalue weighted by atomic mass is 10.1. The largest absolute Gasteiger partial charge is 0.488 e. The average molecular weight is 358 g/mol. The maximum Gasteiger partial charge on any atom is 0.307 e. The second kappa shape index (κ2) is 6.27. The molecule has 0 radical (unpaired) electrons. The van der Waals surface area contributed by atoms with E-state index in [1.54, 1.807) is 0 Å². The Morgan fingerprint density at radius 3 is 2.46 bits per heavy atom. The minimum absolute atomic E-state index is 0.00608. The third-order valence-corrected chi connectivity index (χ3v) is 6.22. The molecule has 3 aliphatic rings. The average Bonchev–Trinajstić information content (AvgIpc) is 2.97. The van der Waals surface area contributed by atoms with Crippen LogP contribution in [-0.4, -0.2) is 65.6 Å². The topological polar surface area (TPSA) is 70.1 Å². The molecular weight excluding hydrogens is 332 g/mol. The highest BCUT2D eigenvalue weighted by atomic mass is 16.5. The van der Waals surface area contributed by atoms with Crippen molar-refractivity contribution in [3.8, 4) is 5.75 Å². The van der Waals surface area contributed by atoms with Gasteiger partial charge >= 0.3 is 5.97 Å². The first-order chi connectivity index (χ1) is 12.4. The summed E-state index contributed by atoms with van der Waals surface area (Å²) >= 11 is 0. The Morgan fingerprint density at radius 1 is 1.15 bits per heavy atom. The van der Waals surface area contributed by atoms with Crippen LogP contribution in [-0.2, 0) is 16.0 Å². The van der Waals surface area contributed by atoms with Gasteiger partial charge in [0, 0.05) is 39.1 Å². The van der Waals surface area contributed by atoms with Gasteiger partial charge in [0.2, 0.25) is 5.91 Å². The van der Waals surface area contributed by atoms with Crippen molar-refractivity contribution in [2.75, 3.05) is 32.7 Å². The van der Waals surface area contributed by atoms with Gasteiger partial charge in [-0.25, -0.2) is 0 Å². The predicted octanol–water partition coefficient (Wildman–Crippen LogP) is 1.49. The number of piperazine rings is 1. The Kier molecular flexibility index (Phi) is 4.18. The Balaban J connectivity index is 1.27. The van der Waals surface area contributed by atoms with Crippen LogP contribution in [0.15, 0.2) is 24.3 Å². The van der Waals surface area contributed by atoms with E-state index in [4.69, 9.17) is 4.74 Å². The number of rotatable bonds is 4. The number of amides is 1. The molecule has 26 heavy (non-hydrogen) atoms. The number of para-hydroxylation sites is 1. The minimum atomic E-state index is -0.857. The van der Waals surface area contributed by atoms with Crippen LogP contribution in [0.2, 0.25) is 0 Å². The molecule has 2 heterocycles. The highest BCUT2D eigenvalue weighted by Gasteiger charge is 2.66. The quantitative estimate of drug-likeness (QED) is 0.883. The maximum absolute atomic E-state index is 12.7. The fourth-order valence-electron chi connectivity index (χ4n) is 4.55. The zero-order valence-electron chi connectivity index (χ0n) is 15.4. The zero-order chi connectivity index (χ0) is 18.5. The summed E-state index contributed by atoms with van der Waals surface area (Å²) in [6.07, 6.45) is 1.11. The molecule has 1 N–H and O–H groups in total. The number of aliphatic carboxylic acids is 1. The van der Waals surface area contributed by atoms with E-state index < -0.39 is 17.3 Å². The summed E-state index contributed by atoms with van der Waals surface area (Å²) in [5, 5.41) is 9.29. The van der Waals surface area contributed by atoms with Gasteiger partial charge in [0.25, 0.3) is 0 Å². The monoisotopic (exact) mass is 358 g/mol. The van der Waals surface area contributed by atoms with Crippen LogP contribution in [0.25, 0.3) is 0 Å². The molecule has 1 amide bonds. The zero-order valence-corrected chi connectivity index (χ0v) is 15.4. The molecule has 6 nitrogen and oxygen atoms in total. The molecule has 0 unspecified atom stereocenters. The molecule has 1 aromatic carbocycles. The third kappa shape index (κ3) is 2.96. The molecular formula is C20H26N2O4. The van der Waals surface area contributed by atoms with E-state index in [9.17, 15) is 14.7 Å². The summed E-state index contributed by atoms with van der Waals surface area (Å²) < 4.78 is 6.01. The number of benzene rings is 1. The SMILES string of the molecule is CC1(C)[C@H](C(=O)O)[C@H]1C(=O)N1CCN(C[C@H]2Cc3ccccc3O2)CC1. The summed E-state index contributed by atoms with van der Waals surface area (Å²) in [5.74, 6) is -0.781. The van der Waals surface area contributed by atoms with Gasteiger partial charge in [-0.2, -0.15) is 0 Å². The van der Waals surface area contributed by atoms with E-state index in [-0.39, 0.29) is 17.9 Å². The van der Waals surface area contributed by atoms with E-state index in [1.165, 1.54) is 5.56 Å². The fourth-order valence-corrected chi connectivity index (χ4v) is 4.55. The summed E-state index contributed by atoms with van der Waals surface area (Å²) in [4.78, 5) is 28.2. The molecule has 1 aromatic rings. The summed E-state index contributed by atoms with van der Waals surface area (Å²) in [6, 6.07) is 8.17. The van der Waals surface area contributed by atoms with Crippen molar-refractivity contribution < 1.29 is 19.4 Å². The molecule has 1 saturated carbocycles. The molecule has 140 valence electrons. The Bertz CT molecular complexity index is 699. The third-order valence-electron chi connectivity index (χ3n) is 6.22. The van der Waals surface area contributed by atoms with E-state index in [0.29, 0.717) is 13.1 Å². The molecule has 0 bridgehead atoms. The van der Waals surface area contributed by atoms with Crippen molar-refractivity contribution in [1.29, 1.82) is 0 Å². The van der Waals surface area contributed by atoms with Gasteiger partial charge in [0.05, 0.1) is 11.8 Å². The number of carbonyl (C=O) groups excluding carboxylic acids is 1. The number of carboxylic acid groups (broad SMARTS) is 1. The van der Waals surface area contributed by atoms with Gasteiger partial charge in [-0.1, -0.05) is 32.0 Å². The molecule has 0 spiro atoms. The number of hydrogen-bond acceptors (Lipinski definition) is 4. The lowest BCUT2D eigenvalue weighted by Gasteiger charge is -2.36. The van der Waals surface area contributed by atoms with Gasteiger partial charge in [-0.3, -0.25) is 14.5 Å². The lowest BCUT2D eigenvalue weighted by Crippen LogP contribution is -2.51. The van der Waals surface area contributed by atoms with Crippen LogP contribution in [0.3, 0.4) is 0 Å². The number of fused-ring (bicyclic) bond motifs is 1. The highest BCUT2D eigenvalue weighted by molar-refractivity contribution is 5.91. The number of hydrogen-bond donors (Lipinski definition) is 1. The van der Waals surface area contributed by atoms with Crippen LogP contribution < -0.4 is 4.74 Å².